The molecule has 1 aliphatic rings. The normalized spacial score (nSPS) is 22.7. The summed E-state index contributed by atoms with van der Waals surface area (Å²) in [4.78, 5) is 11.8. The lowest BCUT2D eigenvalue weighted by Crippen LogP contribution is -2.37. The standard InChI is InChI=1S/C16H31NO3/c1-3-5-11-19-12-7-10-17-15-9-6-8-14(13-15)16(18)20-4-2/h14-15,17H,3-13H2,1-2H3. The number of esters is 1. The summed E-state index contributed by atoms with van der Waals surface area (Å²) in [6.45, 7) is 7.23. The summed E-state index contributed by atoms with van der Waals surface area (Å²) in [5.74, 6) is 0.0869. The zero-order chi connectivity index (χ0) is 14.6. The summed E-state index contributed by atoms with van der Waals surface area (Å²) in [7, 11) is 0. The maximum absolute atomic E-state index is 11.8. The molecule has 118 valence electrons. The molecule has 2 unspecified atom stereocenters. The fourth-order valence-electron chi connectivity index (χ4n) is 2.68. The van der Waals surface area contributed by atoms with Gasteiger partial charge in [-0.3, -0.25) is 4.79 Å². The highest BCUT2D eigenvalue weighted by Gasteiger charge is 2.27. The Kier molecular flexibility index (Phi) is 9.67. The van der Waals surface area contributed by atoms with Gasteiger partial charge < -0.3 is 14.8 Å². The Hall–Kier alpha value is -0.610. The maximum atomic E-state index is 11.8. The number of ether oxygens (including phenoxy) is 2. The molecule has 0 aromatic rings. The monoisotopic (exact) mass is 285 g/mol. The molecule has 4 heteroatoms. The van der Waals surface area contributed by atoms with Crippen LogP contribution in [0.25, 0.3) is 0 Å². The lowest BCUT2D eigenvalue weighted by atomic mass is 9.85. The Morgan fingerprint density at radius 2 is 2.00 bits per heavy atom. The van der Waals surface area contributed by atoms with Gasteiger partial charge in [-0.25, -0.2) is 0 Å². The van der Waals surface area contributed by atoms with Crippen LogP contribution in [0.4, 0.5) is 0 Å². The second kappa shape index (κ2) is 11.1. The molecule has 1 aliphatic carbocycles. The summed E-state index contributed by atoms with van der Waals surface area (Å²) < 4.78 is 10.7. The van der Waals surface area contributed by atoms with E-state index < -0.39 is 0 Å². The SMILES string of the molecule is CCCCOCCCNC1CCCC(C(=O)OCC)C1. The molecule has 4 nitrogen and oxygen atoms in total. The average Bonchev–Trinajstić information content (AvgIpc) is 2.47. The number of hydrogen-bond donors (Lipinski definition) is 1. The minimum absolute atomic E-state index is 0.0121. The third kappa shape index (κ3) is 7.25. The molecule has 0 amide bonds. The van der Waals surface area contributed by atoms with Crippen molar-refractivity contribution in [3.8, 4) is 0 Å². The Morgan fingerprint density at radius 3 is 2.75 bits per heavy atom. The summed E-state index contributed by atoms with van der Waals surface area (Å²) in [5, 5.41) is 3.55. The quantitative estimate of drug-likeness (QED) is 0.495. The molecule has 0 radical (unpaired) electrons. The van der Waals surface area contributed by atoms with Gasteiger partial charge >= 0.3 is 5.97 Å². The number of carbonyl (C=O) groups excluding carboxylic acids is 1. The molecule has 20 heavy (non-hydrogen) atoms. The first-order valence-corrected chi connectivity index (χ1v) is 8.25. The zero-order valence-corrected chi connectivity index (χ0v) is 13.2. The number of hydrogen-bond acceptors (Lipinski definition) is 4. The van der Waals surface area contributed by atoms with E-state index in [0.717, 1.165) is 51.9 Å². The van der Waals surface area contributed by atoms with Crippen LogP contribution in [0.15, 0.2) is 0 Å². The summed E-state index contributed by atoms with van der Waals surface area (Å²) in [6.07, 6.45) is 7.59. The highest BCUT2D eigenvalue weighted by molar-refractivity contribution is 5.72. The van der Waals surface area contributed by atoms with E-state index in [-0.39, 0.29) is 11.9 Å². The van der Waals surface area contributed by atoms with E-state index in [4.69, 9.17) is 9.47 Å². The van der Waals surface area contributed by atoms with Crippen LogP contribution in [0.1, 0.15) is 58.8 Å². The minimum Gasteiger partial charge on any atom is -0.466 e. The summed E-state index contributed by atoms with van der Waals surface area (Å²) in [6, 6.07) is 0.466. The van der Waals surface area contributed by atoms with E-state index in [1.807, 2.05) is 6.92 Å². The van der Waals surface area contributed by atoms with Crippen molar-refractivity contribution in [1.29, 1.82) is 0 Å². The number of rotatable bonds is 10. The molecule has 0 heterocycles. The average molecular weight is 285 g/mol. The van der Waals surface area contributed by atoms with E-state index in [0.29, 0.717) is 12.6 Å². The Bertz CT molecular complexity index is 258. The predicted molar refractivity (Wildman–Crippen MR) is 80.7 cm³/mol. The van der Waals surface area contributed by atoms with Gasteiger partial charge in [0.25, 0.3) is 0 Å². The van der Waals surface area contributed by atoms with E-state index >= 15 is 0 Å². The molecule has 0 aromatic heterocycles. The predicted octanol–water partition coefficient (Wildman–Crippen LogP) is 2.90. The van der Waals surface area contributed by atoms with E-state index in [1.54, 1.807) is 0 Å². The molecule has 1 saturated carbocycles. The fourth-order valence-corrected chi connectivity index (χ4v) is 2.68. The number of unbranched alkanes of at least 4 members (excludes halogenated alkanes) is 1. The Labute approximate surface area is 123 Å². The van der Waals surface area contributed by atoms with Crippen LogP contribution >= 0.6 is 0 Å². The van der Waals surface area contributed by atoms with Crippen LogP contribution in [0.5, 0.6) is 0 Å². The first kappa shape index (κ1) is 17.4. The molecule has 0 spiro atoms. The van der Waals surface area contributed by atoms with Crippen molar-refractivity contribution in [2.24, 2.45) is 5.92 Å². The highest BCUT2D eigenvalue weighted by Crippen LogP contribution is 2.25. The molecule has 0 aromatic carbocycles. The van der Waals surface area contributed by atoms with Crippen LogP contribution in [0.2, 0.25) is 0 Å². The third-order valence-corrected chi connectivity index (χ3v) is 3.83. The number of nitrogens with one attached hydrogen (secondary N) is 1. The van der Waals surface area contributed by atoms with Crippen LogP contribution in [-0.2, 0) is 14.3 Å². The Morgan fingerprint density at radius 1 is 1.20 bits per heavy atom. The van der Waals surface area contributed by atoms with Crippen molar-refractivity contribution in [3.05, 3.63) is 0 Å². The maximum Gasteiger partial charge on any atom is 0.308 e. The molecule has 0 saturated heterocycles. The smallest absolute Gasteiger partial charge is 0.308 e. The largest absolute Gasteiger partial charge is 0.466 e. The van der Waals surface area contributed by atoms with Gasteiger partial charge in [-0.05, 0) is 45.6 Å². The minimum atomic E-state index is -0.0121. The van der Waals surface area contributed by atoms with Gasteiger partial charge in [0.1, 0.15) is 0 Å². The molecule has 1 rings (SSSR count). The van der Waals surface area contributed by atoms with Crippen LogP contribution in [0.3, 0.4) is 0 Å². The van der Waals surface area contributed by atoms with Gasteiger partial charge in [-0.1, -0.05) is 19.8 Å². The van der Waals surface area contributed by atoms with Gasteiger partial charge in [0, 0.05) is 19.3 Å². The fraction of sp³-hybridized carbons (Fsp3) is 0.938. The van der Waals surface area contributed by atoms with Crippen molar-refractivity contribution in [1.82, 2.24) is 5.32 Å². The van der Waals surface area contributed by atoms with Crippen LogP contribution in [0, 0.1) is 5.92 Å². The van der Waals surface area contributed by atoms with E-state index in [1.165, 1.54) is 12.8 Å². The van der Waals surface area contributed by atoms with Gasteiger partial charge in [0.15, 0.2) is 0 Å². The number of carbonyl (C=O) groups is 1. The topological polar surface area (TPSA) is 47.6 Å². The lowest BCUT2D eigenvalue weighted by molar-refractivity contribution is -0.149. The second-order valence-electron chi connectivity index (χ2n) is 5.59. The highest BCUT2D eigenvalue weighted by atomic mass is 16.5. The van der Waals surface area contributed by atoms with Crippen molar-refractivity contribution in [3.63, 3.8) is 0 Å². The van der Waals surface area contributed by atoms with Gasteiger partial charge in [-0.2, -0.15) is 0 Å². The molecule has 1 fully saturated rings. The lowest BCUT2D eigenvalue weighted by Gasteiger charge is -2.28. The van der Waals surface area contributed by atoms with Crippen molar-refractivity contribution in [2.75, 3.05) is 26.4 Å². The third-order valence-electron chi connectivity index (χ3n) is 3.83. The molecule has 0 aliphatic heterocycles. The van der Waals surface area contributed by atoms with Gasteiger partial charge in [-0.15, -0.1) is 0 Å². The van der Waals surface area contributed by atoms with Crippen LogP contribution < -0.4 is 5.32 Å². The molecule has 1 N–H and O–H groups in total. The van der Waals surface area contributed by atoms with Crippen LogP contribution in [-0.4, -0.2) is 38.4 Å². The molecule has 0 bridgehead atoms. The molecule has 2 atom stereocenters. The second-order valence-corrected chi connectivity index (χ2v) is 5.59. The Balaban J connectivity index is 2.07. The van der Waals surface area contributed by atoms with E-state index in [9.17, 15) is 4.79 Å². The van der Waals surface area contributed by atoms with Crippen molar-refractivity contribution >= 4 is 5.97 Å². The van der Waals surface area contributed by atoms with Gasteiger partial charge in [0.2, 0.25) is 0 Å². The van der Waals surface area contributed by atoms with Crippen molar-refractivity contribution in [2.45, 2.75) is 64.8 Å². The van der Waals surface area contributed by atoms with Gasteiger partial charge in [0.05, 0.1) is 12.5 Å². The van der Waals surface area contributed by atoms with Crippen molar-refractivity contribution < 1.29 is 14.3 Å². The first-order chi connectivity index (χ1) is 9.77. The van der Waals surface area contributed by atoms with E-state index in [2.05, 4.69) is 12.2 Å². The molecular weight excluding hydrogens is 254 g/mol. The summed E-state index contributed by atoms with van der Waals surface area (Å²) >= 11 is 0. The zero-order valence-electron chi connectivity index (χ0n) is 13.2. The summed E-state index contributed by atoms with van der Waals surface area (Å²) in [5.41, 5.74) is 0. The molecular formula is C16H31NO3. The first-order valence-electron chi connectivity index (χ1n) is 8.25.